The maximum Gasteiger partial charge on any atom is 0.166 e. The van der Waals surface area contributed by atoms with Crippen molar-refractivity contribution in [1.82, 2.24) is 19.5 Å². The highest BCUT2D eigenvalue weighted by atomic mass is 32.1. The number of fused-ring (bicyclic) bond motifs is 7. The Labute approximate surface area is 350 Å². The third kappa shape index (κ3) is 5.70. The molecule has 0 N–H and O–H groups in total. The lowest BCUT2D eigenvalue weighted by atomic mass is 10.0. The molecule has 3 heterocycles. The Balaban J connectivity index is 1.10. The van der Waals surface area contributed by atoms with Crippen molar-refractivity contribution in [2.24, 2.45) is 0 Å². The molecule has 0 bridgehead atoms. The normalized spacial score (nSPS) is 11.7. The van der Waals surface area contributed by atoms with E-state index in [2.05, 4.69) is 211 Å². The van der Waals surface area contributed by atoms with Crippen molar-refractivity contribution < 1.29 is 0 Å². The van der Waals surface area contributed by atoms with Gasteiger partial charge in [0.2, 0.25) is 0 Å². The number of hydrogen-bond donors (Lipinski definition) is 0. The van der Waals surface area contributed by atoms with Crippen LogP contribution in [-0.2, 0) is 0 Å². The lowest BCUT2D eigenvalue weighted by Gasteiger charge is -2.17. The minimum atomic E-state index is 0.608. The smallest absolute Gasteiger partial charge is 0.166 e. The first-order valence-electron chi connectivity index (χ1n) is 20.2. The van der Waals surface area contributed by atoms with Crippen LogP contribution in [0.3, 0.4) is 0 Å². The van der Waals surface area contributed by atoms with Gasteiger partial charge in [0.1, 0.15) is 0 Å². The number of para-hydroxylation sites is 2. The summed E-state index contributed by atoms with van der Waals surface area (Å²) in [5, 5.41) is 7.21. The third-order valence-corrected chi connectivity index (χ3v) is 12.8. The molecule has 0 aliphatic carbocycles. The van der Waals surface area contributed by atoms with Crippen LogP contribution in [0.25, 0.3) is 115 Å². The monoisotopic (exact) mass is 782 g/mol. The summed E-state index contributed by atoms with van der Waals surface area (Å²) < 4.78 is 4.95. The summed E-state index contributed by atoms with van der Waals surface area (Å²) in [7, 11) is 0. The topological polar surface area (TPSA) is 43.6 Å². The van der Waals surface area contributed by atoms with Crippen molar-refractivity contribution in [3.05, 3.63) is 206 Å². The first kappa shape index (κ1) is 34.3. The molecule has 0 fully saturated rings. The van der Waals surface area contributed by atoms with Crippen LogP contribution >= 0.6 is 11.3 Å². The van der Waals surface area contributed by atoms with Gasteiger partial charge in [0, 0.05) is 47.6 Å². The average molecular weight is 783 g/mol. The number of benzene rings is 9. The molecule has 0 saturated carbocycles. The highest BCUT2D eigenvalue weighted by Gasteiger charge is 2.21. The first-order chi connectivity index (χ1) is 29.7. The Bertz CT molecular complexity index is 3560. The van der Waals surface area contributed by atoms with E-state index in [0.29, 0.717) is 17.5 Å². The van der Waals surface area contributed by atoms with Crippen LogP contribution in [0.1, 0.15) is 0 Å². The van der Waals surface area contributed by atoms with E-state index in [-0.39, 0.29) is 0 Å². The lowest BCUT2D eigenvalue weighted by molar-refractivity contribution is 1.07. The van der Waals surface area contributed by atoms with Gasteiger partial charge in [-0.15, -0.1) is 11.3 Å². The molecule has 0 saturated heterocycles. The van der Waals surface area contributed by atoms with Gasteiger partial charge in [0.05, 0.1) is 16.7 Å². The molecule has 60 heavy (non-hydrogen) atoms. The minimum Gasteiger partial charge on any atom is -0.308 e. The van der Waals surface area contributed by atoms with Gasteiger partial charge in [0.25, 0.3) is 0 Å². The van der Waals surface area contributed by atoms with Crippen LogP contribution in [0.4, 0.5) is 0 Å². The summed E-state index contributed by atoms with van der Waals surface area (Å²) in [6.07, 6.45) is 0. The van der Waals surface area contributed by atoms with Gasteiger partial charge in [0.15, 0.2) is 17.5 Å². The van der Waals surface area contributed by atoms with E-state index in [1.807, 2.05) is 11.3 Å². The fourth-order valence-corrected chi connectivity index (χ4v) is 9.95. The zero-order chi connectivity index (χ0) is 39.6. The van der Waals surface area contributed by atoms with Crippen molar-refractivity contribution in [2.45, 2.75) is 0 Å². The third-order valence-electron chi connectivity index (χ3n) is 11.7. The first-order valence-corrected chi connectivity index (χ1v) is 21.0. The highest BCUT2D eigenvalue weighted by molar-refractivity contribution is 7.25. The lowest BCUT2D eigenvalue weighted by Crippen LogP contribution is -2.04. The molecule has 12 rings (SSSR count). The quantitative estimate of drug-likeness (QED) is 0.169. The molecule has 4 nitrogen and oxygen atoms in total. The molecule has 5 heteroatoms. The summed E-state index contributed by atoms with van der Waals surface area (Å²) in [6, 6.07) is 73.3. The van der Waals surface area contributed by atoms with Gasteiger partial charge >= 0.3 is 0 Å². The molecule has 12 aromatic rings. The molecule has 0 aliphatic heterocycles. The van der Waals surface area contributed by atoms with E-state index < -0.39 is 0 Å². The second-order valence-electron chi connectivity index (χ2n) is 15.2. The zero-order valence-electron chi connectivity index (χ0n) is 32.3. The maximum absolute atomic E-state index is 5.39. The van der Waals surface area contributed by atoms with Crippen molar-refractivity contribution in [1.29, 1.82) is 0 Å². The van der Waals surface area contributed by atoms with Gasteiger partial charge in [-0.25, -0.2) is 15.0 Å². The van der Waals surface area contributed by atoms with Crippen molar-refractivity contribution in [3.63, 3.8) is 0 Å². The van der Waals surface area contributed by atoms with Crippen molar-refractivity contribution >= 4 is 64.1 Å². The largest absolute Gasteiger partial charge is 0.308 e. The van der Waals surface area contributed by atoms with E-state index >= 15 is 0 Å². The van der Waals surface area contributed by atoms with Crippen LogP contribution < -0.4 is 0 Å². The second kappa shape index (κ2) is 14.0. The Morgan fingerprint density at radius 3 is 1.68 bits per heavy atom. The molecule has 280 valence electrons. The van der Waals surface area contributed by atoms with Crippen molar-refractivity contribution in [2.75, 3.05) is 0 Å². The fraction of sp³-hybridized carbons (Fsp3) is 0. The Kier molecular flexibility index (Phi) is 8.00. The van der Waals surface area contributed by atoms with Crippen LogP contribution in [0.2, 0.25) is 0 Å². The molecular formula is C55H34N4S. The molecule has 0 atom stereocenters. The number of hydrogen-bond acceptors (Lipinski definition) is 4. The molecule has 3 aromatic heterocycles. The van der Waals surface area contributed by atoms with Gasteiger partial charge in [-0.05, 0) is 75.5 Å². The van der Waals surface area contributed by atoms with Crippen LogP contribution in [0, 0.1) is 0 Å². The summed E-state index contributed by atoms with van der Waals surface area (Å²) in [6.45, 7) is 0. The molecule has 0 spiro atoms. The van der Waals surface area contributed by atoms with Crippen LogP contribution in [0.15, 0.2) is 206 Å². The Morgan fingerprint density at radius 2 is 0.867 bits per heavy atom. The molecule has 0 unspecified atom stereocenters. The fourth-order valence-electron chi connectivity index (χ4n) is 8.81. The Morgan fingerprint density at radius 1 is 0.317 bits per heavy atom. The van der Waals surface area contributed by atoms with Crippen molar-refractivity contribution in [3.8, 4) is 62.1 Å². The van der Waals surface area contributed by atoms with E-state index in [1.54, 1.807) is 0 Å². The minimum absolute atomic E-state index is 0.608. The van der Waals surface area contributed by atoms with Gasteiger partial charge in [-0.3, -0.25) is 0 Å². The molecule has 0 amide bonds. The summed E-state index contributed by atoms with van der Waals surface area (Å²) in [4.78, 5) is 16.1. The summed E-state index contributed by atoms with van der Waals surface area (Å²) in [5.74, 6) is 1.86. The standard InChI is InChI=1S/C55H34N4S/c1-2-14-35(15-3-1)38-29-31-47(50(33-38)59-48-25-9-6-21-42(48)43-22-7-10-26-49(43)59)55-57-53(56-54(58-55)46-24-13-17-36-16-4-5-20-41(36)46)40-19-12-18-37(32-40)39-28-30-45-44-23-8-11-27-51(44)60-52(45)34-39/h1-34H. The number of thiophene rings is 1. The van der Waals surface area contributed by atoms with E-state index in [0.717, 1.165) is 66.4 Å². The molecule has 9 aromatic carbocycles. The van der Waals surface area contributed by atoms with Crippen LogP contribution in [0.5, 0.6) is 0 Å². The second-order valence-corrected chi connectivity index (χ2v) is 16.3. The maximum atomic E-state index is 5.39. The molecular weight excluding hydrogens is 749 g/mol. The number of nitrogens with zero attached hydrogens (tertiary/aromatic N) is 4. The predicted molar refractivity (Wildman–Crippen MR) is 252 cm³/mol. The summed E-state index contributed by atoms with van der Waals surface area (Å²) in [5.41, 5.74) is 10.6. The van der Waals surface area contributed by atoms with Crippen LogP contribution in [-0.4, -0.2) is 19.5 Å². The van der Waals surface area contributed by atoms with Gasteiger partial charge in [-0.1, -0.05) is 164 Å². The van der Waals surface area contributed by atoms with E-state index in [9.17, 15) is 0 Å². The molecule has 0 aliphatic rings. The number of aromatic nitrogens is 4. The summed E-state index contributed by atoms with van der Waals surface area (Å²) >= 11 is 1.84. The number of rotatable bonds is 6. The van der Waals surface area contributed by atoms with Gasteiger partial charge in [-0.2, -0.15) is 0 Å². The highest BCUT2D eigenvalue weighted by Crippen LogP contribution is 2.40. The predicted octanol–water partition coefficient (Wildman–Crippen LogP) is 14.8. The van der Waals surface area contributed by atoms with Gasteiger partial charge < -0.3 is 4.57 Å². The van der Waals surface area contributed by atoms with E-state index in [4.69, 9.17) is 15.0 Å². The molecule has 0 radical (unpaired) electrons. The Hall–Kier alpha value is -7.73. The average Bonchev–Trinajstić information content (AvgIpc) is 3.87. The van der Waals surface area contributed by atoms with E-state index in [1.165, 1.54) is 30.9 Å². The zero-order valence-corrected chi connectivity index (χ0v) is 33.1. The SMILES string of the molecule is c1ccc(-c2ccc(-c3nc(-c4cccc(-c5ccc6c(c5)sc5ccccc56)c4)nc(-c4cccc5ccccc45)n3)c(-n3c4ccccc4c4ccccc43)c2)cc1.